The van der Waals surface area contributed by atoms with Gasteiger partial charge in [0.05, 0.1) is 5.92 Å². The standard InChI is InChI=1S/C25H39F3/c1-23-14-12-22-20(21(23)10-8-17(23)6-5-16-3-4-16)9-7-18-15-19(25(26,27)28)11-13-24(18,22)2/h16-22H,3-15H2,1-2H3. The van der Waals surface area contributed by atoms with E-state index in [0.717, 1.165) is 36.5 Å². The molecule has 8 unspecified atom stereocenters. The third-order valence-electron chi connectivity index (χ3n) is 10.9. The molecule has 5 fully saturated rings. The molecule has 0 amide bonds. The fourth-order valence-electron chi connectivity index (χ4n) is 8.98. The lowest BCUT2D eigenvalue weighted by Crippen LogP contribution is -2.54. The molecular weight excluding hydrogens is 357 g/mol. The minimum atomic E-state index is -3.98. The lowest BCUT2D eigenvalue weighted by atomic mass is 9.44. The van der Waals surface area contributed by atoms with E-state index < -0.39 is 12.1 Å². The van der Waals surface area contributed by atoms with Gasteiger partial charge in [0.1, 0.15) is 0 Å². The van der Waals surface area contributed by atoms with Crippen molar-refractivity contribution in [3.8, 4) is 0 Å². The van der Waals surface area contributed by atoms with E-state index in [-0.39, 0.29) is 5.41 Å². The average molecular weight is 397 g/mol. The third-order valence-corrected chi connectivity index (χ3v) is 10.9. The van der Waals surface area contributed by atoms with Crippen LogP contribution in [0.5, 0.6) is 0 Å². The summed E-state index contributed by atoms with van der Waals surface area (Å²) in [5.74, 6) is 3.59. The Bertz CT molecular complexity index is 593. The fourth-order valence-corrected chi connectivity index (χ4v) is 8.98. The first kappa shape index (κ1) is 19.7. The topological polar surface area (TPSA) is 0 Å². The molecule has 0 heterocycles. The van der Waals surface area contributed by atoms with Crippen molar-refractivity contribution in [2.45, 2.75) is 103 Å². The summed E-state index contributed by atoms with van der Waals surface area (Å²) in [5, 5.41) is 0. The van der Waals surface area contributed by atoms with E-state index in [9.17, 15) is 13.2 Å². The van der Waals surface area contributed by atoms with Crippen LogP contribution in [-0.2, 0) is 0 Å². The zero-order chi connectivity index (χ0) is 19.7. The molecule has 0 aliphatic heterocycles. The van der Waals surface area contributed by atoms with E-state index in [1.165, 1.54) is 57.8 Å². The Morgan fingerprint density at radius 1 is 0.750 bits per heavy atom. The molecule has 0 nitrogen and oxygen atoms in total. The largest absolute Gasteiger partial charge is 0.391 e. The van der Waals surface area contributed by atoms with Crippen LogP contribution in [0.1, 0.15) is 97.3 Å². The van der Waals surface area contributed by atoms with Crippen LogP contribution in [-0.4, -0.2) is 6.18 Å². The van der Waals surface area contributed by atoms with E-state index >= 15 is 0 Å². The van der Waals surface area contributed by atoms with Crippen LogP contribution in [0.15, 0.2) is 0 Å². The normalized spacial score (nSPS) is 51.3. The van der Waals surface area contributed by atoms with Gasteiger partial charge in [-0.05, 0) is 111 Å². The monoisotopic (exact) mass is 396 g/mol. The summed E-state index contributed by atoms with van der Waals surface area (Å²) in [6.45, 7) is 5.00. The van der Waals surface area contributed by atoms with E-state index in [1.54, 1.807) is 0 Å². The lowest BCUT2D eigenvalue weighted by molar-refractivity contribution is -0.208. The highest BCUT2D eigenvalue weighted by molar-refractivity contribution is 5.09. The summed E-state index contributed by atoms with van der Waals surface area (Å²) >= 11 is 0. The summed E-state index contributed by atoms with van der Waals surface area (Å²) < 4.78 is 40.1. The summed E-state index contributed by atoms with van der Waals surface area (Å²) in [6, 6.07) is 0. The number of hydrogen-bond donors (Lipinski definition) is 0. The molecule has 0 bridgehead atoms. The van der Waals surface area contributed by atoms with Gasteiger partial charge in [-0.3, -0.25) is 0 Å². The fraction of sp³-hybridized carbons (Fsp3) is 1.00. The molecule has 0 N–H and O–H groups in total. The van der Waals surface area contributed by atoms with Gasteiger partial charge in [0, 0.05) is 0 Å². The van der Waals surface area contributed by atoms with Gasteiger partial charge in [0.15, 0.2) is 0 Å². The molecule has 5 saturated carbocycles. The summed E-state index contributed by atoms with van der Waals surface area (Å²) in [5.41, 5.74) is 0.709. The molecule has 8 atom stereocenters. The van der Waals surface area contributed by atoms with E-state index in [1.807, 2.05) is 0 Å². The highest BCUT2D eigenvalue weighted by Crippen LogP contribution is 2.68. The van der Waals surface area contributed by atoms with Crippen LogP contribution >= 0.6 is 0 Å². The number of hydrogen-bond acceptors (Lipinski definition) is 0. The van der Waals surface area contributed by atoms with Gasteiger partial charge in [-0.15, -0.1) is 0 Å². The van der Waals surface area contributed by atoms with Crippen LogP contribution in [0, 0.1) is 52.3 Å². The predicted molar refractivity (Wildman–Crippen MR) is 107 cm³/mol. The third kappa shape index (κ3) is 3.08. The van der Waals surface area contributed by atoms with Crippen molar-refractivity contribution >= 4 is 0 Å². The Balaban J connectivity index is 1.31. The maximum Gasteiger partial charge on any atom is 0.391 e. The maximum absolute atomic E-state index is 13.4. The number of fused-ring (bicyclic) bond motifs is 5. The maximum atomic E-state index is 13.4. The SMILES string of the molecule is CC12CCC3C(CCC4CC(C(F)(F)F)CCC43C)C1CCC2CCC1CC1. The van der Waals surface area contributed by atoms with Crippen LogP contribution in [0.3, 0.4) is 0 Å². The van der Waals surface area contributed by atoms with Crippen LogP contribution < -0.4 is 0 Å². The first-order valence-electron chi connectivity index (χ1n) is 12.3. The molecule has 5 rings (SSSR count). The second-order valence-corrected chi connectivity index (χ2v) is 12.0. The van der Waals surface area contributed by atoms with Gasteiger partial charge in [-0.25, -0.2) is 0 Å². The van der Waals surface area contributed by atoms with Crippen molar-refractivity contribution in [2.75, 3.05) is 0 Å². The van der Waals surface area contributed by atoms with Crippen molar-refractivity contribution in [1.82, 2.24) is 0 Å². The van der Waals surface area contributed by atoms with Gasteiger partial charge in [0.25, 0.3) is 0 Å². The van der Waals surface area contributed by atoms with Crippen molar-refractivity contribution in [3.05, 3.63) is 0 Å². The average Bonchev–Trinajstić information content (AvgIpc) is 3.39. The first-order valence-corrected chi connectivity index (χ1v) is 12.3. The van der Waals surface area contributed by atoms with E-state index in [2.05, 4.69) is 13.8 Å². The van der Waals surface area contributed by atoms with E-state index in [0.29, 0.717) is 30.1 Å². The van der Waals surface area contributed by atoms with Gasteiger partial charge in [-0.1, -0.05) is 33.1 Å². The molecule has 0 spiro atoms. The Hall–Kier alpha value is -0.210. The number of halogens is 3. The molecule has 0 aromatic heterocycles. The van der Waals surface area contributed by atoms with Crippen molar-refractivity contribution in [2.24, 2.45) is 52.3 Å². The molecule has 160 valence electrons. The van der Waals surface area contributed by atoms with Gasteiger partial charge in [-0.2, -0.15) is 13.2 Å². The lowest BCUT2D eigenvalue weighted by Gasteiger charge is -2.61. The minimum absolute atomic E-state index is 0.179. The molecule has 0 saturated heterocycles. The zero-order valence-electron chi connectivity index (χ0n) is 17.9. The van der Waals surface area contributed by atoms with Crippen molar-refractivity contribution in [3.63, 3.8) is 0 Å². The zero-order valence-corrected chi connectivity index (χ0v) is 17.9. The predicted octanol–water partition coefficient (Wildman–Crippen LogP) is 8.01. The van der Waals surface area contributed by atoms with Crippen molar-refractivity contribution < 1.29 is 13.2 Å². The summed E-state index contributed by atoms with van der Waals surface area (Å²) in [6.07, 6.45) is 11.2. The van der Waals surface area contributed by atoms with Crippen LogP contribution in [0.25, 0.3) is 0 Å². The second kappa shape index (κ2) is 6.64. The molecule has 5 aliphatic rings. The Morgan fingerprint density at radius 3 is 2.18 bits per heavy atom. The molecule has 3 heteroatoms. The van der Waals surface area contributed by atoms with Crippen molar-refractivity contribution in [1.29, 1.82) is 0 Å². The van der Waals surface area contributed by atoms with E-state index in [4.69, 9.17) is 0 Å². The Morgan fingerprint density at radius 2 is 1.46 bits per heavy atom. The smallest absolute Gasteiger partial charge is 0.171 e. The quantitative estimate of drug-likeness (QED) is 0.453. The van der Waals surface area contributed by atoms with Gasteiger partial charge in [0.2, 0.25) is 0 Å². The summed E-state index contributed by atoms with van der Waals surface area (Å²) in [7, 11) is 0. The first-order chi connectivity index (χ1) is 13.2. The number of alkyl halides is 3. The van der Waals surface area contributed by atoms with Crippen LogP contribution in [0.2, 0.25) is 0 Å². The van der Waals surface area contributed by atoms with Gasteiger partial charge >= 0.3 is 6.18 Å². The summed E-state index contributed by atoms with van der Waals surface area (Å²) in [4.78, 5) is 0. The molecular formula is C25H39F3. The Kier molecular flexibility index (Phi) is 4.68. The second-order valence-electron chi connectivity index (χ2n) is 12.0. The Labute approximate surface area is 169 Å². The molecule has 5 aliphatic carbocycles. The molecule has 28 heavy (non-hydrogen) atoms. The molecule has 0 aromatic rings. The molecule has 0 aromatic carbocycles. The van der Waals surface area contributed by atoms with Gasteiger partial charge < -0.3 is 0 Å². The molecule has 0 radical (unpaired) electrons. The minimum Gasteiger partial charge on any atom is -0.171 e. The van der Waals surface area contributed by atoms with Crippen LogP contribution in [0.4, 0.5) is 13.2 Å². The highest BCUT2D eigenvalue weighted by Gasteiger charge is 2.61. The number of rotatable bonds is 3. The highest BCUT2D eigenvalue weighted by atomic mass is 19.4.